The number of carbonyl (C=O) groups is 1. The molecule has 0 aliphatic carbocycles. The van der Waals surface area contributed by atoms with Gasteiger partial charge in [-0.25, -0.2) is 0 Å². The van der Waals surface area contributed by atoms with E-state index in [1.807, 2.05) is 45.0 Å². The number of nitrogens with zero attached hydrogens (tertiary/aromatic N) is 2. The highest BCUT2D eigenvalue weighted by molar-refractivity contribution is 6.06. The summed E-state index contributed by atoms with van der Waals surface area (Å²) in [6.07, 6.45) is 2.68. The van der Waals surface area contributed by atoms with Gasteiger partial charge in [0.2, 0.25) is 0 Å². The van der Waals surface area contributed by atoms with Crippen LogP contribution < -0.4 is 0 Å². The number of rotatable bonds is 3. The summed E-state index contributed by atoms with van der Waals surface area (Å²) in [5.74, 6) is 0. The predicted octanol–water partition coefficient (Wildman–Crippen LogP) is 1.80. The first kappa shape index (κ1) is 11.4. The normalized spacial score (nSPS) is 11.3. The molecule has 0 fully saturated rings. The maximum Gasteiger partial charge on any atom is 0.152 e. The fourth-order valence-corrected chi connectivity index (χ4v) is 1.45. The van der Waals surface area contributed by atoms with Crippen molar-refractivity contribution in [2.75, 3.05) is 14.1 Å². The molecule has 0 spiro atoms. The molecule has 1 aromatic rings. The van der Waals surface area contributed by atoms with Gasteiger partial charge in [0, 0.05) is 37.3 Å². The summed E-state index contributed by atoms with van der Waals surface area (Å²) in [6, 6.07) is 3.83. The summed E-state index contributed by atoms with van der Waals surface area (Å²) in [7, 11) is 3.79. The standard InChI is InChI=1S/C12H16N2O/c1-9-5-11(6-10(2)13-9)12(8-15)7-14(3)4/h5-8H,1-4H3/b12-7-. The molecule has 1 rings (SSSR count). The zero-order valence-corrected chi connectivity index (χ0v) is 9.61. The second kappa shape index (κ2) is 4.73. The Morgan fingerprint density at radius 3 is 2.20 bits per heavy atom. The van der Waals surface area contributed by atoms with E-state index in [0.717, 1.165) is 23.2 Å². The van der Waals surface area contributed by atoms with Crippen molar-refractivity contribution in [1.29, 1.82) is 0 Å². The molecule has 3 heteroatoms. The number of aryl methyl sites for hydroxylation is 2. The molecule has 0 bridgehead atoms. The molecule has 15 heavy (non-hydrogen) atoms. The lowest BCUT2D eigenvalue weighted by molar-refractivity contribution is -0.103. The molecule has 1 heterocycles. The Bertz CT molecular complexity index is 374. The van der Waals surface area contributed by atoms with Gasteiger partial charge in [-0.15, -0.1) is 0 Å². The van der Waals surface area contributed by atoms with Crippen molar-refractivity contribution < 1.29 is 4.79 Å². The average molecular weight is 204 g/mol. The Morgan fingerprint density at radius 1 is 1.27 bits per heavy atom. The Labute approximate surface area is 90.4 Å². The zero-order chi connectivity index (χ0) is 11.4. The zero-order valence-electron chi connectivity index (χ0n) is 9.61. The molecule has 0 saturated heterocycles. The van der Waals surface area contributed by atoms with Gasteiger partial charge in [0.15, 0.2) is 6.29 Å². The summed E-state index contributed by atoms with van der Waals surface area (Å²) in [5, 5.41) is 0. The van der Waals surface area contributed by atoms with Gasteiger partial charge >= 0.3 is 0 Å². The summed E-state index contributed by atoms with van der Waals surface area (Å²) in [4.78, 5) is 17.1. The molecule has 0 N–H and O–H groups in total. The van der Waals surface area contributed by atoms with E-state index >= 15 is 0 Å². The molecular weight excluding hydrogens is 188 g/mol. The third-order valence-electron chi connectivity index (χ3n) is 1.94. The van der Waals surface area contributed by atoms with Crippen molar-refractivity contribution in [2.45, 2.75) is 13.8 Å². The number of aromatic nitrogens is 1. The minimum Gasteiger partial charge on any atom is -0.383 e. The van der Waals surface area contributed by atoms with E-state index in [0.29, 0.717) is 5.57 Å². The van der Waals surface area contributed by atoms with Crippen LogP contribution in [0.2, 0.25) is 0 Å². The Hall–Kier alpha value is -1.64. The van der Waals surface area contributed by atoms with Crippen LogP contribution in [0.4, 0.5) is 0 Å². The highest BCUT2D eigenvalue weighted by atomic mass is 16.1. The molecule has 0 aliphatic rings. The Morgan fingerprint density at radius 2 is 1.80 bits per heavy atom. The van der Waals surface area contributed by atoms with E-state index < -0.39 is 0 Å². The fourth-order valence-electron chi connectivity index (χ4n) is 1.45. The van der Waals surface area contributed by atoms with Gasteiger partial charge in [-0.1, -0.05) is 0 Å². The van der Waals surface area contributed by atoms with Crippen LogP contribution in [0.1, 0.15) is 17.0 Å². The molecular formula is C12H16N2O. The van der Waals surface area contributed by atoms with Crippen molar-refractivity contribution in [2.24, 2.45) is 0 Å². The second-order valence-electron chi connectivity index (χ2n) is 3.80. The molecule has 0 amide bonds. The predicted molar refractivity (Wildman–Crippen MR) is 61.4 cm³/mol. The van der Waals surface area contributed by atoms with E-state index in [-0.39, 0.29) is 0 Å². The van der Waals surface area contributed by atoms with Gasteiger partial charge < -0.3 is 4.90 Å². The van der Waals surface area contributed by atoms with E-state index in [9.17, 15) is 4.79 Å². The van der Waals surface area contributed by atoms with Gasteiger partial charge in [-0.05, 0) is 31.5 Å². The van der Waals surface area contributed by atoms with Crippen LogP contribution in [0.5, 0.6) is 0 Å². The van der Waals surface area contributed by atoms with Crippen LogP contribution in [-0.4, -0.2) is 30.3 Å². The van der Waals surface area contributed by atoms with Crippen LogP contribution in [0.3, 0.4) is 0 Å². The lowest BCUT2D eigenvalue weighted by atomic mass is 10.1. The van der Waals surface area contributed by atoms with E-state index in [1.165, 1.54) is 0 Å². The van der Waals surface area contributed by atoms with E-state index in [4.69, 9.17) is 0 Å². The third kappa shape index (κ3) is 3.20. The SMILES string of the molecule is Cc1cc(/C(C=O)=C\N(C)C)cc(C)n1. The number of allylic oxidation sites excluding steroid dienone is 1. The maximum atomic E-state index is 10.9. The second-order valence-corrected chi connectivity index (χ2v) is 3.80. The molecule has 0 aromatic carbocycles. The first-order valence-corrected chi connectivity index (χ1v) is 4.82. The van der Waals surface area contributed by atoms with Crippen molar-refractivity contribution in [3.8, 4) is 0 Å². The largest absolute Gasteiger partial charge is 0.383 e. The maximum absolute atomic E-state index is 10.9. The number of pyridine rings is 1. The molecule has 3 nitrogen and oxygen atoms in total. The minimum absolute atomic E-state index is 0.675. The van der Waals surface area contributed by atoms with Crippen LogP contribution >= 0.6 is 0 Å². The van der Waals surface area contributed by atoms with Crippen LogP contribution in [-0.2, 0) is 4.79 Å². The van der Waals surface area contributed by atoms with Gasteiger partial charge in [0.05, 0.1) is 0 Å². The fraction of sp³-hybridized carbons (Fsp3) is 0.333. The number of aldehydes is 1. The molecule has 1 aromatic heterocycles. The summed E-state index contributed by atoms with van der Waals surface area (Å²) < 4.78 is 0. The number of hydrogen-bond donors (Lipinski definition) is 0. The lowest BCUT2D eigenvalue weighted by Gasteiger charge is -2.08. The Kier molecular flexibility index (Phi) is 3.61. The van der Waals surface area contributed by atoms with Gasteiger partial charge in [0.25, 0.3) is 0 Å². The topological polar surface area (TPSA) is 33.2 Å². The number of hydrogen-bond acceptors (Lipinski definition) is 3. The quantitative estimate of drug-likeness (QED) is 0.556. The molecule has 0 radical (unpaired) electrons. The van der Waals surface area contributed by atoms with Crippen LogP contribution in [0.25, 0.3) is 5.57 Å². The first-order valence-electron chi connectivity index (χ1n) is 4.82. The molecule has 0 aliphatic heterocycles. The third-order valence-corrected chi connectivity index (χ3v) is 1.94. The van der Waals surface area contributed by atoms with Crippen molar-refractivity contribution in [3.63, 3.8) is 0 Å². The highest BCUT2D eigenvalue weighted by Gasteiger charge is 2.03. The monoisotopic (exact) mass is 204 g/mol. The van der Waals surface area contributed by atoms with Gasteiger partial charge in [-0.2, -0.15) is 0 Å². The summed E-state index contributed by atoms with van der Waals surface area (Å²) in [5.41, 5.74) is 3.45. The summed E-state index contributed by atoms with van der Waals surface area (Å²) >= 11 is 0. The number of carbonyl (C=O) groups excluding carboxylic acids is 1. The van der Waals surface area contributed by atoms with Gasteiger partial charge in [0.1, 0.15) is 0 Å². The average Bonchev–Trinajstić information content (AvgIpc) is 2.12. The van der Waals surface area contributed by atoms with Crippen LogP contribution in [0, 0.1) is 13.8 Å². The molecule has 80 valence electrons. The molecule has 0 unspecified atom stereocenters. The smallest absolute Gasteiger partial charge is 0.152 e. The lowest BCUT2D eigenvalue weighted by Crippen LogP contribution is -2.04. The van der Waals surface area contributed by atoms with E-state index in [2.05, 4.69) is 4.98 Å². The van der Waals surface area contributed by atoms with Crippen molar-refractivity contribution in [3.05, 3.63) is 35.3 Å². The minimum atomic E-state index is 0.675. The van der Waals surface area contributed by atoms with Gasteiger partial charge in [-0.3, -0.25) is 9.78 Å². The first-order chi connectivity index (χ1) is 7.02. The molecule has 0 saturated carbocycles. The van der Waals surface area contributed by atoms with Crippen molar-refractivity contribution in [1.82, 2.24) is 9.88 Å². The van der Waals surface area contributed by atoms with E-state index in [1.54, 1.807) is 6.20 Å². The highest BCUT2D eigenvalue weighted by Crippen LogP contribution is 2.14. The van der Waals surface area contributed by atoms with Crippen LogP contribution in [0.15, 0.2) is 18.3 Å². The molecule has 0 atom stereocenters. The Balaban J connectivity index is 3.18. The summed E-state index contributed by atoms with van der Waals surface area (Å²) in [6.45, 7) is 3.85. The van der Waals surface area contributed by atoms with Crippen molar-refractivity contribution >= 4 is 11.9 Å².